The van der Waals surface area contributed by atoms with Gasteiger partial charge in [-0.05, 0) is 37.0 Å². The third-order valence-electron chi connectivity index (χ3n) is 5.69. The number of likely N-dealkylation sites (tertiary alicyclic amines) is 1. The second-order valence-electron chi connectivity index (χ2n) is 6.78. The molecule has 0 radical (unpaired) electrons. The number of carbonyl (C=O) groups excluding carboxylic acids is 1. The Balaban J connectivity index is 1.54. The molecule has 112 valence electrons. The van der Waals surface area contributed by atoms with E-state index in [0.717, 1.165) is 31.7 Å². The van der Waals surface area contributed by atoms with Crippen LogP contribution in [0.5, 0.6) is 0 Å². The molecular weight excluding hydrogens is 256 g/mol. The van der Waals surface area contributed by atoms with Gasteiger partial charge in [0, 0.05) is 19.6 Å². The first kappa shape index (κ1) is 13.7. The molecule has 5 heteroatoms. The molecule has 4 atom stereocenters. The van der Waals surface area contributed by atoms with Crippen molar-refractivity contribution in [3.05, 3.63) is 0 Å². The lowest BCUT2D eigenvalue weighted by molar-refractivity contribution is -0.149. The molecular formula is C15H24N2O3. The third kappa shape index (κ3) is 2.17. The van der Waals surface area contributed by atoms with E-state index in [1.807, 2.05) is 0 Å². The van der Waals surface area contributed by atoms with Gasteiger partial charge in [-0.3, -0.25) is 4.79 Å². The molecule has 1 heterocycles. The molecule has 0 spiro atoms. The van der Waals surface area contributed by atoms with Crippen LogP contribution in [0.1, 0.15) is 39.0 Å². The average molecular weight is 280 g/mol. The van der Waals surface area contributed by atoms with E-state index in [1.54, 1.807) is 4.90 Å². The molecule has 0 unspecified atom stereocenters. The van der Waals surface area contributed by atoms with Crippen molar-refractivity contribution in [1.29, 1.82) is 0 Å². The third-order valence-corrected chi connectivity index (χ3v) is 5.69. The minimum Gasteiger partial charge on any atom is -0.481 e. The average Bonchev–Trinajstić information content (AvgIpc) is 2.88. The summed E-state index contributed by atoms with van der Waals surface area (Å²) in [7, 11) is 0. The Bertz CT molecular complexity index is 425. The Morgan fingerprint density at radius 1 is 1.40 bits per heavy atom. The Kier molecular flexibility index (Phi) is 3.38. The van der Waals surface area contributed by atoms with Crippen LogP contribution in [-0.2, 0) is 4.79 Å². The van der Waals surface area contributed by atoms with Gasteiger partial charge in [-0.2, -0.15) is 0 Å². The number of carboxylic acids is 1. The molecule has 20 heavy (non-hydrogen) atoms. The smallest absolute Gasteiger partial charge is 0.317 e. The number of carboxylic acid groups (broad SMARTS) is 1. The second kappa shape index (κ2) is 4.93. The Hall–Kier alpha value is -1.26. The maximum absolute atomic E-state index is 12.2. The number of carbonyl (C=O) groups is 2. The van der Waals surface area contributed by atoms with E-state index in [-0.39, 0.29) is 11.9 Å². The standard InChI is InChI=1S/C15H24N2O3/c1-2-10-6-11(10)7-16-14(20)17-8-12-4-3-5-15(12,9-17)13(18)19/h10-12H,2-9H2,1H3,(H,16,20)(H,18,19)/t10-,11+,12+,15-/m1/s1. The lowest BCUT2D eigenvalue weighted by Crippen LogP contribution is -2.42. The van der Waals surface area contributed by atoms with E-state index in [2.05, 4.69) is 12.2 Å². The zero-order valence-electron chi connectivity index (χ0n) is 12.1. The lowest BCUT2D eigenvalue weighted by Gasteiger charge is -2.23. The molecule has 5 nitrogen and oxygen atoms in total. The lowest BCUT2D eigenvalue weighted by atomic mass is 9.81. The summed E-state index contributed by atoms with van der Waals surface area (Å²) in [4.78, 5) is 25.5. The molecule has 3 rings (SSSR count). The van der Waals surface area contributed by atoms with Gasteiger partial charge in [0.25, 0.3) is 0 Å². The van der Waals surface area contributed by atoms with Gasteiger partial charge in [0.15, 0.2) is 0 Å². The number of aliphatic carboxylic acids is 1. The van der Waals surface area contributed by atoms with Crippen molar-refractivity contribution in [2.75, 3.05) is 19.6 Å². The summed E-state index contributed by atoms with van der Waals surface area (Å²) in [6, 6.07) is -0.0678. The number of nitrogens with zero attached hydrogens (tertiary/aromatic N) is 1. The normalized spacial score (nSPS) is 38.6. The monoisotopic (exact) mass is 280 g/mol. The largest absolute Gasteiger partial charge is 0.481 e. The van der Waals surface area contributed by atoms with Gasteiger partial charge in [0.05, 0.1) is 5.41 Å². The van der Waals surface area contributed by atoms with Crippen LogP contribution < -0.4 is 5.32 Å². The number of nitrogens with one attached hydrogen (secondary N) is 1. The molecule has 3 fully saturated rings. The van der Waals surface area contributed by atoms with Gasteiger partial charge < -0.3 is 15.3 Å². The zero-order valence-corrected chi connectivity index (χ0v) is 12.1. The fraction of sp³-hybridized carbons (Fsp3) is 0.867. The quantitative estimate of drug-likeness (QED) is 0.826. The van der Waals surface area contributed by atoms with Crippen LogP contribution in [-0.4, -0.2) is 41.6 Å². The molecule has 0 aromatic carbocycles. The molecule has 1 saturated heterocycles. The Morgan fingerprint density at radius 3 is 2.80 bits per heavy atom. The summed E-state index contributed by atoms with van der Waals surface area (Å²) in [5.74, 6) is 0.844. The van der Waals surface area contributed by atoms with Crippen LogP contribution in [0.15, 0.2) is 0 Å². The fourth-order valence-electron chi connectivity index (χ4n) is 4.18. The van der Waals surface area contributed by atoms with Gasteiger partial charge in [-0.25, -0.2) is 4.79 Å². The van der Waals surface area contributed by atoms with E-state index in [0.29, 0.717) is 19.0 Å². The summed E-state index contributed by atoms with van der Waals surface area (Å²) in [5.41, 5.74) is -0.664. The number of hydrogen-bond donors (Lipinski definition) is 2. The van der Waals surface area contributed by atoms with Crippen LogP contribution in [0.3, 0.4) is 0 Å². The topological polar surface area (TPSA) is 69.6 Å². The second-order valence-corrected chi connectivity index (χ2v) is 6.78. The maximum atomic E-state index is 12.2. The van der Waals surface area contributed by atoms with Crippen molar-refractivity contribution in [2.45, 2.75) is 39.0 Å². The number of fused-ring (bicyclic) bond motifs is 1. The number of rotatable bonds is 4. The number of amides is 2. The number of urea groups is 1. The molecule has 0 aromatic heterocycles. The highest BCUT2D eigenvalue weighted by molar-refractivity contribution is 5.80. The summed E-state index contributed by atoms with van der Waals surface area (Å²) in [6.07, 6.45) is 5.05. The van der Waals surface area contributed by atoms with Crippen LogP contribution >= 0.6 is 0 Å². The first-order chi connectivity index (χ1) is 9.56. The predicted octanol–water partition coefficient (Wildman–Crippen LogP) is 1.93. The predicted molar refractivity (Wildman–Crippen MR) is 74.3 cm³/mol. The first-order valence-electron chi connectivity index (χ1n) is 7.83. The highest BCUT2D eigenvalue weighted by Crippen LogP contribution is 2.48. The van der Waals surface area contributed by atoms with Crippen LogP contribution in [0.25, 0.3) is 0 Å². The molecule has 3 aliphatic rings. The fourth-order valence-corrected chi connectivity index (χ4v) is 4.18. The van der Waals surface area contributed by atoms with Crippen molar-refractivity contribution in [2.24, 2.45) is 23.2 Å². The van der Waals surface area contributed by atoms with Gasteiger partial charge in [0.2, 0.25) is 0 Å². The van der Waals surface area contributed by atoms with E-state index in [9.17, 15) is 14.7 Å². The minimum absolute atomic E-state index is 0.0678. The van der Waals surface area contributed by atoms with Gasteiger partial charge in [0.1, 0.15) is 0 Å². The van der Waals surface area contributed by atoms with Gasteiger partial charge in [-0.1, -0.05) is 19.8 Å². The SMILES string of the molecule is CC[C@@H]1C[C@H]1CNC(=O)N1C[C@@H]2CCC[C@@]2(C(=O)O)C1. The van der Waals surface area contributed by atoms with Gasteiger partial charge >= 0.3 is 12.0 Å². The molecule has 2 aliphatic carbocycles. The van der Waals surface area contributed by atoms with Gasteiger partial charge in [-0.15, -0.1) is 0 Å². The molecule has 0 aromatic rings. The van der Waals surface area contributed by atoms with E-state index in [1.165, 1.54) is 12.8 Å². The van der Waals surface area contributed by atoms with Crippen molar-refractivity contribution in [3.8, 4) is 0 Å². The zero-order chi connectivity index (χ0) is 14.3. The highest BCUT2D eigenvalue weighted by atomic mass is 16.4. The van der Waals surface area contributed by atoms with Crippen LogP contribution in [0, 0.1) is 23.2 Å². The Labute approximate surface area is 119 Å². The molecule has 2 N–H and O–H groups in total. The molecule has 2 saturated carbocycles. The highest BCUT2D eigenvalue weighted by Gasteiger charge is 2.55. The van der Waals surface area contributed by atoms with E-state index >= 15 is 0 Å². The molecule has 2 amide bonds. The van der Waals surface area contributed by atoms with Crippen molar-refractivity contribution >= 4 is 12.0 Å². The minimum atomic E-state index is -0.719. The summed E-state index contributed by atoms with van der Waals surface area (Å²) in [5, 5.41) is 12.5. The van der Waals surface area contributed by atoms with Crippen molar-refractivity contribution in [1.82, 2.24) is 10.2 Å². The summed E-state index contributed by atoms with van der Waals surface area (Å²) < 4.78 is 0. The maximum Gasteiger partial charge on any atom is 0.317 e. The van der Waals surface area contributed by atoms with Crippen molar-refractivity contribution in [3.63, 3.8) is 0 Å². The molecule has 1 aliphatic heterocycles. The first-order valence-corrected chi connectivity index (χ1v) is 7.83. The van der Waals surface area contributed by atoms with E-state index in [4.69, 9.17) is 0 Å². The Morgan fingerprint density at radius 2 is 2.20 bits per heavy atom. The summed E-state index contributed by atoms with van der Waals surface area (Å²) in [6.45, 7) is 3.93. The summed E-state index contributed by atoms with van der Waals surface area (Å²) >= 11 is 0. The van der Waals surface area contributed by atoms with Crippen molar-refractivity contribution < 1.29 is 14.7 Å². The van der Waals surface area contributed by atoms with Crippen LogP contribution in [0.2, 0.25) is 0 Å². The molecule has 0 bridgehead atoms. The number of hydrogen-bond acceptors (Lipinski definition) is 2. The van der Waals surface area contributed by atoms with Crippen LogP contribution in [0.4, 0.5) is 4.79 Å². The van der Waals surface area contributed by atoms with E-state index < -0.39 is 11.4 Å².